The van der Waals surface area contributed by atoms with Gasteiger partial charge in [0.1, 0.15) is 0 Å². The van der Waals surface area contributed by atoms with E-state index >= 15 is 0 Å². The zero-order valence-corrected chi connectivity index (χ0v) is 17.8. The third-order valence-electron chi connectivity index (χ3n) is 3.60. The summed E-state index contributed by atoms with van der Waals surface area (Å²) in [4.78, 5) is 0. The van der Waals surface area contributed by atoms with E-state index in [1.165, 1.54) is 83.5 Å². The molecule has 0 saturated heterocycles. The first-order valence-corrected chi connectivity index (χ1v) is 10.6. The quantitative estimate of drug-likeness (QED) is 0.232. The maximum atomic E-state index is 3.66. The molecular weight excluding hydrogens is 288 g/mol. The largest absolute Gasteiger partial charge is 0.103 e. The summed E-state index contributed by atoms with van der Waals surface area (Å²) in [5, 5.41) is 0. The Bertz CT molecular complexity index is 234. The lowest BCUT2D eigenvalue weighted by molar-refractivity contribution is 0.675. The predicted molar refractivity (Wildman–Crippen MR) is 117 cm³/mol. The maximum Gasteiger partial charge on any atom is -0.0351 e. The minimum absolute atomic E-state index is 1.18. The van der Waals surface area contributed by atoms with Crippen molar-refractivity contribution < 1.29 is 0 Å². The van der Waals surface area contributed by atoms with Gasteiger partial charge in [-0.15, -0.1) is 6.58 Å². The highest BCUT2D eigenvalue weighted by molar-refractivity contribution is 4.79. The van der Waals surface area contributed by atoms with Crippen molar-refractivity contribution in [1.29, 1.82) is 0 Å². The van der Waals surface area contributed by atoms with Crippen LogP contribution in [0.2, 0.25) is 0 Å². The lowest BCUT2D eigenvalue weighted by Gasteiger charge is -1.91. The van der Waals surface area contributed by atoms with E-state index in [4.69, 9.17) is 0 Å². The topological polar surface area (TPSA) is 0 Å². The zero-order chi connectivity index (χ0) is 18.7. The molecule has 0 radical (unpaired) electrons. The summed E-state index contributed by atoms with van der Waals surface area (Å²) in [5.74, 6) is 0. The van der Waals surface area contributed by atoms with Gasteiger partial charge in [0.15, 0.2) is 0 Å². The molecule has 0 nitrogen and oxygen atoms in total. The summed E-state index contributed by atoms with van der Waals surface area (Å²) in [7, 11) is 0. The van der Waals surface area contributed by atoms with E-state index in [-0.39, 0.29) is 0 Å². The SMILES string of the molecule is C=CCCCCCC.CC=CCCCCC.CCC=CCCCC. The van der Waals surface area contributed by atoms with Gasteiger partial charge in [-0.25, -0.2) is 0 Å². The molecule has 0 atom stereocenters. The van der Waals surface area contributed by atoms with Crippen molar-refractivity contribution in [2.45, 2.75) is 118 Å². The monoisotopic (exact) mass is 336 g/mol. The maximum absolute atomic E-state index is 3.66. The summed E-state index contributed by atoms with van der Waals surface area (Å²) in [6, 6.07) is 0. The third-order valence-corrected chi connectivity index (χ3v) is 3.60. The Morgan fingerprint density at radius 3 is 1.62 bits per heavy atom. The molecule has 0 heterocycles. The van der Waals surface area contributed by atoms with Gasteiger partial charge in [0, 0.05) is 0 Å². The van der Waals surface area contributed by atoms with Crippen LogP contribution in [0.25, 0.3) is 0 Å². The first-order valence-electron chi connectivity index (χ1n) is 10.6. The molecule has 24 heavy (non-hydrogen) atoms. The highest BCUT2D eigenvalue weighted by Crippen LogP contribution is 2.01. The Morgan fingerprint density at radius 2 is 1.12 bits per heavy atom. The van der Waals surface area contributed by atoms with Gasteiger partial charge in [-0.2, -0.15) is 0 Å². The smallest absolute Gasteiger partial charge is 0.0351 e. The molecule has 0 bridgehead atoms. The standard InChI is InChI=1S/3C8H16/c3*1-3-5-7-8-6-4-2/h5,7H,3-4,6,8H2,1-2H3;3,5H,4,6-8H2,1-2H3;3H,1,4-8H2,2H3. The fourth-order valence-corrected chi connectivity index (χ4v) is 2.00. The molecule has 0 unspecified atom stereocenters. The van der Waals surface area contributed by atoms with Gasteiger partial charge in [0.2, 0.25) is 0 Å². The van der Waals surface area contributed by atoms with E-state index < -0.39 is 0 Å². The summed E-state index contributed by atoms with van der Waals surface area (Å²) < 4.78 is 0. The van der Waals surface area contributed by atoms with Crippen LogP contribution in [0.3, 0.4) is 0 Å². The van der Waals surface area contributed by atoms with Crippen molar-refractivity contribution >= 4 is 0 Å². The molecule has 144 valence electrons. The molecule has 0 saturated carbocycles. The molecule has 0 amide bonds. The number of hydrogen-bond donors (Lipinski definition) is 0. The molecule has 0 aliphatic carbocycles. The number of rotatable bonds is 13. The average Bonchev–Trinajstić information content (AvgIpc) is 2.61. The minimum atomic E-state index is 1.18. The van der Waals surface area contributed by atoms with Crippen molar-refractivity contribution in [2.75, 3.05) is 0 Å². The summed E-state index contributed by atoms with van der Waals surface area (Å²) in [6.07, 6.45) is 27.9. The van der Waals surface area contributed by atoms with Crippen molar-refractivity contribution in [1.82, 2.24) is 0 Å². The Kier molecular flexibility index (Phi) is 39.4. The Balaban J connectivity index is -0.000000276. The summed E-state index contributed by atoms with van der Waals surface area (Å²) in [6.45, 7) is 14.6. The highest BCUT2D eigenvalue weighted by atomic mass is 13.9. The van der Waals surface area contributed by atoms with E-state index in [9.17, 15) is 0 Å². The molecule has 0 fully saturated rings. The van der Waals surface area contributed by atoms with Crippen molar-refractivity contribution in [3.63, 3.8) is 0 Å². The van der Waals surface area contributed by atoms with E-state index in [0.717, 1.165) is 0 Å². The lowest BCUT2D eigenvalue weighted by atomic mass is 10.2. The van der Waals surface area contributed by atoms with Gasteiger partial charge < -0.3 is 0 Å². The first kappa shape index (κ1) is 28.0. The van der Waals surface area contributed by atoms with Crippen LogP contribution in [0.1, 0.15) is 118 Å². The lowest BCUT2D eigenvalue weighted by Crippen LogP contribution is -1.71. The number of allylic oxidation sites excluding steroid dienone is 5. The minimum Gasteiger partial charge on any atom is -0.103 e. The average molecular weight is 337 g/mol. The van der Waals surface area contributed by atoms with Crippen LogP contribution in [-0.4, -0.2) is 0 Å². The van der Waals surface area contributed by atoms with Gasteiger partial charge in [0.05, 0.1) is 0 Å². The molecular formula is C24H48. The van der Waals surface area contributed by atoms with Crippen molar-refractivity contribution in [3.8, 4) is 0 Å². The van der Waals surface area contributed by atoms with Crippen LogP contribution in [0.5, 0.6) is 0 Å². The van der Waals surface area contributed by atoms with Gasteiger partial charge in [-0.05, 0) is 45.4 Å². The fourth-order valence-electron chi connectivity index (χ4n) is 2.00. The van der Waals surface area contributed by atoms with Crippen LogP contribution in [0.4, 0.5) is 0 Å². The second kappa shape index (κ2) is 33.7. The van der Waals surface area contributed by atoms with Crippen molar-refractivity contribution in [2.24, 2.45) is 0 Å². The highest BCUT2D eigenvalue weighted by Gasteiger charge is 1.81. The van der Waals surface area contributed by atoms with Crippen LogP contribution < -0.4 is 0 Å². The van der Waals surface area contributed by atoms with Crippen LogP contribution in [-0.2, 0) is 0 Å². The summed E-state index contributed by atoms with van der Waals surface area (Å²) >= 11 is 0. The van der Waals surface area contributed by atoms with Gasteiger partial charge in [-0.1, -0.05) is 103 Å². The van der Waals surface area contributed by atoms with E-state index in [0.29, 0.717) is 0 Å². The molecule has 0 aromatic rings. The normalized spacial score (nSPS) is 10.2. The summed E-state index contributed by atoms with van der Waals surface area (Å²) in [5.41, 5.74) is 0. The first-order chi connectivity index (χ1) is 11.7. The fraction of sp³-hybridized carbons (Fsp3) is 0.750. The molecule has 0 heteroatoms. The Hall–Kier alpha value is -0.780. The van der Waals surface area contributed by atoms with E-state index in [2.05, 4.69) is 65.5 Å². The van der Waals surface area contributed by atoms with Crippen molar-refractivity contribution in [3.05, 3.63) is 37.0 Å². The molecule has 0 aromatic heterocycles. The second-order valence-corrected chi connectivity index (χ2v) is 6.22. The van der Waals surface area contributed by atoms with Crippen LogP contribution >= 0.6 is 0 Å². The van der Waals surface area contributed by atoms with Gasteiger partial charge >= 0.3 is 0 Å². The van der Waals surface area contributed by atoms with Crippen LogP contribution in [0.15, 0.2) is 37.0 Å². The molecule has 0 spiro atoms. The third kappa shape index (κ3) is 42.9. The van der Waals surface area contributed by atoms with E-state index in [1.807, 2.05) is 6.08 Å². The zero-order valence-electron chi connectivity index (χ0n) is 17.8. The second-order valence-electron chi connectivity index (χ2n) is 6.22. The molecule has 0 aliphatic rings. The number of unbranched alkanes of at least 4 members (excludes halogenated alkanes) is 9. The molecule has 0 aliphatic heterocycles. The number of hydrogen-bond acceptors (Lipinski definition) is 0. The van der Waals surface area contributed by atoms with Gasteiger partial charge in [-0.3, -0.25) is 0 Å². The van der Waals surface area contributed by atoms with E-state index in [1.54, 1.807) is 0 Å². The molecule has 0 N–H and O–H groups in total. The molecule has 0 aromatic carbocycles. The molecule has 0 rings (SSSR count). The van der Waals surface area contributed by atoms with Crippen LogP contribution in [0, 0.1) is 0 Å². The predicted octanol–water partition coefficient (Wildman–Crippen LogP) is 9.43. The Labute approximate surface area is 155 Å². The van der Waals surface area contributed by atoms with Gasteiger partial charge in [0.25, 0.3) is 0 Å². The Morgan fingerprint density at radius 1 is 0.583 bits per heavy atom.